The van der Waals surface area contributed by atoms with E-state index in [2.05, 4.69) is 36.9 Å². The van der Waals surface area contributed by atoms with Crippen LogP contribution in [0.3, 0.4) is 0 Å². The van der Waals surface area contributed by atoms with Gasteiger partial charge in [-0.2, -0.15) is 0 Å². The molecule has 0 saturated carbocycles. The van der Waals surface area contributed by atoms with E-state index in [9.17, 15) is 5.11 Å². The summed E-state index contributed by atoms with van der Waals surface area (Å²) in [7, 11) is 0. The Bertz CT molecular complexity index is 452. The summed E-state index contributed by atoms with van der Waals surface area (Å²) in [6.07, 6.45) is 3.44. The lowest BCUT2D eigenvalue weighted by molar-refractivity contribution is -0.0972. The molecular weight excluding hydrogens is 250 g/mol. The number of fused-ring (bicyclic) bond motifs is 1. The first-order valence-corrected chi connectivity index (χ1v) is 7.80. The Kier molecular flexibility index (Phi) is 4.11. The van der Waals surface area contributed by atoms with Crippen LogP contribution in [0.5, 0.6) is 0 Å². The molecule has 2 unspecified atom stereocenters. The summed E-state index contributed by atoms with van der Waals surface area (Å²) in [4.78, 5) is 2.44. The van der Waals surface area contributed by atoms with E-state index < -0.39 is 0 Å². The highest BCUT2D eigenvalue weighted by molar-refractivity contribution is 5.31. The Hall–Kier alpha value is -0.900. The predicted molar refractivity (Wildman–Crippen MR) is 79.7 cm³/mol. The molecule has 1 aliphatic heterocycles. The van der Waals surface area contributed by atoms with E-state index in [-0.39, 0.29) is 24.4 Å². The highest BCUT2D eigenvalue weighted by Crippen LogP contribution is 2.33. The van der Waals surface area contributed by atoms with E-state index in [1.807, 2.05) is 6.07 Å². The molecule has 0 bridgehead atoms. The van der Waals surface area contributed by atoms with Gasteiger partial charge in [-0.3, -0.25) is 4.90 Å². The monoisotopic (exact) mass is 275 g/mol. The van der Waals surface area contributed by atoms with Crippen molar-refractivity contribution in [3.63, 3.8) is 0 Å². The van der Waals surface area contributed by atoms with Crippen LogP contribution < -0.4 is 0 Å². The minimum atomic E-state index is -0.369. The second kappa shape index (κ2) is 5.84. The standard InChI is InChI=1S/C17H25NO2/c1-12-10-18(11-13(2)20-12)16-9-5-7-14-6-3-4-8-15(14)17(16)19/h3-4,6,8,12-13,16-17,19H,5,7,9-11H2,1-2H3/t12-,13+,16?,17?. The van der Waals surface area contributed by atoms with E-state index in [4.69, 9.17) is 4.74 Å². The number of hydrogen-bond donors (Lipinski definition) is 1. The van der Waals surface area contributed by atoms with Gasteiger partial charge in [-0.25, -0.2) is 0 Å². The molecule has 1 heterocycles. The first kappa shape index (κ1) is 14.1. The third-order valence-electron chi connectivity index (χ3n) is 4.60. The number of ether oxygens (including phenoxy) is 1. The van der Waals surface area contributed by atoms with Crippen molar-refractivity contribution in [1.82, 2.24) is 4.90 Å². The SMILES string of the molecule is C[C@@H]1CN(C2CCCc3ccccc3C2O)C[C@H](C)O1. The van der Waals surface area contributed by atoms with E-state index >= 15 is 0 Å². The van der Waals surface area contributed by atoms with Crippen LogP contribution in [-0.4, -0.2) is 41.3 Å². The van der Waals surface area contributed by atoms with Gasteiger partial charge in [-0.05, 0) is 44.2 Å². The van der Waals surface area contributed by atoms with Gasteiger partial charge in [0.1, 0.15) is 0 Å². The maximum atomic E-state index is 10.8. The van der Waals surface area contributed by atoms with Gasteiger partial charge >= 0.3 is 0 Å². The average molecular weight is 275 g/mol. The lowest BCUT2D eigenvalue weighted by Gasteiger charge is -2.41. The van der Waals surface area contributed by atoms with Crippen LogP contribution in [0.25, 0.3) is 0 Å². The summed E-state index contributed by atoms with van der Waals surface area (Å²) in [6.45, 7) is 6.10. The molecule has 110 valence electrons. The summed E-state index contributed by atoms with van der Waals surface area (Å²) < 4.78 is 5.82. The van der Waals surface area contributed by atoms with Crippen molar-refractivity contribution < 1.29 is 9.84 Å². The molecule has 2 aliphatic rings. The highest BCUT2D eigenvalue weighted by Gasteiger charge is 2.34. The zero-order valence-electron chi connectivity index (χ0n) is 12.5. The Morgan fingerprint density at radius 2 is 1.85 bits per heavy atom. The second-order valence-electron chi connectivity index (χ2n) is 6.31. The van der Waals surface area contributed by atoms with Gasteiger partial charge in [0.15, 0.2) is 0 Å². The maximum absolute atomic E-state index is 10.8. The van der Waals surface area contributed by atoms with Crippen LogP contribution >= 0.6 is 0 Å². The molecule has 1 aromatic rings. The molecule has 3 heteroatoms. The number of hydrogen-bond acceptors (Lipinski definition) is 3. The third-order valence-corrected chi connectivity index (χ3v) is 4.60. The molecule has 1 aliphatic carbocycles. The van der Waals surface area contributed by atoms with Crippen molar-refractivity contribution in [3.05, 3.63) is 35.4 Å². The first-order valence-electron chi connectivity index (χ1n) is 7.80. The smallest absolute Gasteiger partial charge is 0.0947 e. The first-order chi connectivity index (χ1) is 9.65. The Labute approximate surface area is 121 Å². The molecule has 1 fully saturated rings. The highest BCUT2D eigenvalue weighted by atomic mass is 16.5. The number of aryl methyl sites for hydroxylation is 1. The molecule has 0 spiro atoms. The molecule has 3 rings (SSSR count). The van der Waals surface area contributed by atoms with Crippen LogP contribution in [0, 0.1) is 0 Å². The van der Waals surface area contributed by atoms with Gasteiger partial charge in [0.05, 0.1) is 18.3 Å². The van der Waals surface area contributed by atoms with Crippen molar-refractivity contribution in [1.29, 1.82) is 0 Å². The number of rotatable bonds is 1. The van der Waals surface area contributed by atoms with Crippen molar-refractivity contribution in [3.8, 4) is 0 Å². The summed E-state index contributed by atoms with van der Waals surface area (Å²) in [5.74, 6) is 0. The third kappa shape index (κ3) is 2.76. The Morgan fingerprint density at radius 1 is 1.15 bits per heavy atom. The fourth-order valence-electron chi connectivity index (χ4n) is 3.79. The molecule has 1 aromatic carbocycles. The van der Waals surface area contributed by atoms with Crippen LogP contribution in [0.4, 0.5) is 0 Å². The molecule has 20 heavy (non-hydrogen) atoms. The number of aliphatic hydroxyl groups is 1. The Morgan fingerprint density at radius 3 is 2.60 bits per heavy atom. The van der Waals surface area contributed by atoms with Crippen LogP contribution in [0.1, 0.15) is 43.9 Å². The average Bonchev–Trinajstić information content (AvgIpc) is 2.58. The van der Waals surface area contributed by atoms with Gasteiger partial charge in [-0.1, -0.05) is 24.3 Å². The molecule has 1 saturated heterocycles. The molecule has 0 aromatic heterocycles. The van der Waals surface area contributed by atoms with Gasteiger partial charge in [-0.15, -0.1) is 0 Å². The Balaban J connectivity index is 1.83. The number of morpholine rings is 1. The quantitative estimate of drug-likeness (QED) is 0.800. The zero-order chi connectivity index (χ0) is 14.1. The largest absolute Gasteiger partial charge is 0.387 e. The minimum Gasteiger partial charge on any atom is -0.387 e. The van der Waals surface area contributed by atoms with E-state index in [0.29, 0.717) is 0 Å². The van der Waals surface area contributed by atoms with Crippen molar-refractivity contribution >= 4 is 0 Å². The predicted octanol–water partition coefficient (Wildman–Crippen LogP) is 2.53. The summed E-state index contributed by atoms with van der Waals surface area (Å²) in [6, 6.07) is 8.59. The van der Waals surface area contributed by atoms with Crippen LogP contribution in [0.15, 0.2) is 24.3 Å². The lowest BCUT2D eigenvalue weighted by atomic mass is 9.97. The van der Waals surface area contributed by atoms with E-state index in [1.54, 1.807) is 0 Å². The molecule has 1 N–H and O–H groups in total. The number of nitrogens with zero attached hydrogens (tertiary/aromatic N) is 1. The molecular formula is C17H25NO2. The summed E-state index contributed by atoms with van der Waals surface area (Å²) in [5, 5.41) is 10.8. The lowest BCUT2D eigenvalue weighted by Crippen LogP contribution is -2.51. The normalized spacial score (nSPS) is 35.4. The molecule has 0 radical (unpaired) electrons. The van der Waals surface area contributed by atoms with Gasteiger partial charge in [0.25, 0.3) is 0 Å². The van der Waals surface area contributed by atoms with Crippen LogP contribution in [-0.2, 0) is 11.2 Å². The van der Waals surface area contributed by atoms with E-state index in [0.717, 1.165) is 37.9 Å². The minimum absolute atomic E-state index is 0.229. The van der Waals surface area contributed by atoms with Crippen LogP contribution in [0.2, 0.25) is 0 Å². The van der Waals surface area contributed by atoms with Gasteiger partial charge in [0, 0.05) is 19.1 Å². The number of aliphatic hydroxyl groups excluding tert-OH is 1. The summed E-state index contributed by atoms with van der Waals surface area (Å²) in [5.41, 5.74) is 2.44. The zero-order valence-corrected chi connectivity index (χ0v) is 12.5. The number of benzene rings is 1. The van der Waals surface area contributed by atoms with E-state index in [1.165, 1.54) is 5.56 Å². The molecule has 3 nitrogen and oxygen atoms in total. The van der Waals surface area contributed by atoms with Crippen molar-refractivity contribution in [2.24, 2.45) is 0 Å². The van der Waals surface area contributed by atoms with Crippen molar-refractivity contribution in [2.75, 3.05) is 13.1 Å². The maximum Gasteiger partial charge on any atom is 0.0947 e. The topological polar surface area (TPSA) is 32.7 Å². The fraction of sp³-hybridized carbons (Fsp3) is 0.647. The molecule has 4 atom stereocenters. The van der Waals surface area contributed by atoms with Crippen molar-refractivity contribution in [2.45, 2.75) is 57.5 Å². The van der Waals surface area contributed by atoms with Gasteiger partial charge < -0.3 is 9.84 Å². The summed E-state index contributed by atoms with van der Waals surface area (Å²) >= 11 is 0. The van der Waals surface area contributed by atoms with Gasteiger partial charge in [0.2, 0.25) is 0 Å². The fourth-order valence-corrected chi connectivity index (χ4v) is 3.79. The molecule has 0 amide bonds. The second-order valence-corrected chi connectivity index (χ2v) is 6.31.